The normalized spacial score (nSPS) is 11.5. The highest BCUT2D eigenvalue weighted by molar-refractivity contribution is 5.98. The Hall–Kier alpha value is -3.80. The van der Waals surface area contributed by atoms with Crippen molar-refractivity contribution in [2.45, 2.75) is 32.9 Å². The number of hydrogen-bond acceptors (Lipinski definition) is 4. The summed E-state index contributed by atoms with van der Waals surface area (Å²) in [5, 5.41) is 8.90. The molecule has 6 nitrogen and oxygen atoms in total. The molecule has 0 fully saturated rings. The summed E-state index contributed by atoms with van der Waals surface area (Å²) in [7, 11) is 0. The van der Waals surface area contributed by atoms with Gasteiger partial charge in [-0.05, 0) is 56.7 Å². The summed E-state index contributed by atoms with van der Waals surface area (Å²) in [5.74, 6) is 0.335. The van der Waals surface area contributed by atoms with Crippen LogP contribution < -0.4 is 20.7 Å². The van der Waals surface area contributed by atoms with Crippen molar-refractivity contribution in [2.24, 2.45) is 0 Å². The Morgan fingerprint density at radius 1 is 0.844 bits per heavy atom. The summed E-state index contributed by atoms with van der Waals surface area (Å²) >= 11 is 0. The molecule has 0 aliphatic rings. The lowest BCUT2D eigenvalue weighted by Gasteiger charge is -2.15. The highest BCUT2D eigenvalue weighted by atomic mass is 16.5. The minimum atomic E-state index is -0.213. The van der Waals surface area contributed by atoms with E-state index in [1.165, 1.54) is 0 Å². The van der Waals surface area contributed by atoms with Crippen LogP contribution in [0.15, 0.2) is 78.9 Å². The van der Waals surface area contributed by atoms with E-state index in [0.717, 1.165) is 17.0 Å². The van der Waals surface area contributed by atoms with Crippen LogP contribution in [0.5, 0.6) is 5.75 Å². The monoisotopic (exact) mass is 431 g/mol. The van der Waals surface area contributed by atoms with E-state index in [1.807, 2.05) is 75.4 Å². The van der Waals surface area contributed by atoms with Gasteiger partial charge in [-0.25, -0.2) is 0 Å². The Morgan fingerprint density at radius 2 is 1.56 bits per heavy atom. The van der Waals surface area contributed by atoms with Crippen LogP contribution in [0.2, 0.25) is 0 Å². The lowest BCUT2D eigenvalue weighted by atomic mass is 10.1. The van der Waals surface area contributed by atoms with E-state index in [1.54, 1.807) is 24.3 Å². The molecule has 0 radical (unpaired) electrons. The maximum Gasteiger partial charge on any atom is 0.251 e. The van der Waals surface area contributed by atoms with Gasteiger partial charge in [0, 0.05) is 23.0 Å². The zero-order valence-electron chi connectivity index (χ0n) is 18.6. The zero-order chi connectivity index (χ0) is 22.9. The first kappa shape index (κ1) is 22.9. The van der Waals surface area contributed by atoms with Gasteiger partial charge in [-0.3, -0.25) is 9.59 Å². The van der Waals surface area contributed by atoms with Crippen LogP contribution in [0.25, 0.3) is 0 Å². The maximum absolute atomic E-state index is 12.6. The Balaban J connectivity index is 1.55. The van der Waals surface area contributed by atoms with Crippen LogP contribution >= 0.6 is 0 Å². The first-order valence-electron chi connectivity index (χ1n) is 10.7. The Bertz CT molecular complexity index is 1050. The van der Waals surface area contributed by atoms with E-state index in [2.05, 4.69) is 16.0 Å². The molecular formula is C26H29N3O3. The predicted molar refractivity (Wildman–Crippen MR) is 128 cm³/mol. The van der Waals surface area contributed by atoms with Gasteiger partial charge in [0.25, 0.3) is 5.91 Å². The van der Waals surface area contributed by atoms with E-state index in [-0.39, 0.29) is 30.5 Å². The third-order valence-electron chi connectivity index (χ3n) is 4.71. The SMILES string of the molecule is CC(C)Oc1cccc(NCC(=O)Nc2cccc(C(=O)NC(C)c3ccccc3)c2)c1. The highest BCUT2D eigenvalue weighted by Gasteiger charge is 2.12. The lowest BCUT2D eigenvalue weighted by molar-refractivity contribution is -0.114. The topological polar surface area (TPSA) is 79.5 Å². The third kappa shape index (κ3) is 6.87. The molecule has 32 heavy (non-hydrogen) atoms. The summed E-state index contributed by atoms with van der Waals surface area (Å²) in [6.07, 6.45) is 0.0775. The van der Waals surface area contributed by atoms with Gasteiger partial charge >= 0.3 is 0 Å². The Morgan fingerprint density at radius 3 is 2.31 bits per heavy atom. The number of nitrogens with one attached hydrogen (secondary N) is 3. The molecule has 3 aromatic carbocycles. The van der Waals surface area contributed by atoms with Gasteiger partial charge in [0.1, 0.15) is 5.75 Å². The van der Waals surface area contributed by atoms with Gasteiger partial charge in [-0.2, -0.15) is 0 Å². The fourth-order valence-corrected chi connectivity index (χ4v) is 3.18. The van der Waals surface area contributed by atoms with E-state index < -0.39 is 0 Å². The van der Waals surface area contributed by atoms with Crippen molar-refractivity contribution in [1.82, 2.24) is 5.32 Å². The standard InChI is InChI=1S/C26H29N3O3/c1-18(2)32-24-14-8-12-22(16-24)27-17-25(30)29-23-13-7-11-21(15-23)26(31)28-19(3)20-9-5-4-6-10-20/h4-16,18-19,27H,17H2,1-3H3,(H,28,31)(H,29,30). The highest BCUT2D eigenvalue weighted by Crippen LogP contribution is 2.19. The first-order chi connectivity index (χ1) is 15.4. The average molecular weight is 432 g/mol. The molecule has 0 heterocycles. The van der Waals surface area contributed by atoms with Gasteiger partial charge in [-0.1, -0.05) is 42.5 Å². The molecular weight excluding hydrogens is 402 g/mol. The maximum atomic E-state index is 12.6. The molecule has 166 valence electrons. The van der Waals surface area contributed by atoms with Crippen LogP contribution in [0.4, 0.5) is 11.4 Å². The number of hydrogen-bond donors (Lipinski definition) is 3. The Labute approximate surface area is 189 Å². The minimum Gasteiger partial charge on any atom is -0.491 e. The van der Waals surface area contributed by atoms with Crippen LogP contribution in [0, 0.1) is 0 Å². The van der Waals surface area contributed by atoms with Crippen LogP contribution in [0.3, 0.4) is 0 Å². The second kappa shape index (κ2) is 11.0. The second-order valence-corrected chi connectivity index (χ2v) is 7.78. The number of carbonyl (C=O) groups excluding carboxylic acids is 2. The van der Waals surface area contributed by atoms with Gasteiger partial charge in [-0.15, -0.1) is 0 Å². The number of rotatable bonds is 9. The molecule has 6 heteroatoms. The summed E-state index contributed by atoms with van der Waals surface area (Å²) in [6.45, 7) is 5.95. The van der Waals surface area contributed by atoms with Gasteiger partial charge < -0.3 is 20.7 Å². The van der Waals surface area contributed by atoms with Gasteiger partial charge in [0.15, 0.2) is 0 Å². The lowest BCUT2D eigenvalue weighted by Crippen LogP contribution is -2.27. The summed E-state index contributed by atoms with van der Waals surface area (Å²) < 4.78 is 5.67. The summed E-state index contributed by atoms with van der Waals surface area (Å²) in [5.41, 5.74) is 2.87. The van der Waals surface area contributed by atoms with E-state index in [9.17, 15) is 9.59 Å². The molecule has 0 bridgehead atoms. The number of anilines is 2. The van der Waals surface area contributed by atoms with Gasteiger partial charge in [0.05, 0.1) is 18.7 Å². The molecule has 3 aromatic rings. The molecule has 0 aromatic heterocycles. The second-order valence-electron chi connectivity index (χ2n) is 7.78. The molecule has 0 spiro atoms. The smallest absolute Gasteiger partial charge is 0.251 e. The van der Waals surface area contributed by atoms with Crippen LogP contribution in [0.1, 0.15) is 42.7 Å². The third-order valence-corrected chi connectivity index (χ3v) is 4.71. The molecule has 0 aliphatic carbocycles. The van der Waals surface area contributed by atoms with Crippen LogP contribution in [-0.2, 0) is 4.79 Å². The van der Waals surface area contributed by atoms with Crippen LogP contribution in [-0.4, -0.2) is 24.5 Å². The molecule has 2 amide bonds. The number of carbonyl (C=O) groups is 2. The Kier molecular flexibility index (Phi) is 7.86. The van der Waals surface area contributed by atoms with Crippen molar-refractivity contribution in [1.29, 1.82) is 0 Å². The molecule has 0 aliphatic heterocycles. The molecule has 3 N–H and O–H groups in total. The van der Waals surface area contributed by atoms with Crippen molar-refractivity contribution in [3.8, 4) is 5.75 Å². The minimum absolute atomic E-state index is 0.0775. The van der Waals surface area contributed by atoms with E-state index in [4.69, 9.17) is 4.74 Å². The number of benzene rings is 3. The average Bonchev–Trinajstić information content (AvgIpc) is 2.78. The van der Waals surface area contributed by atoms with Crippen molar-refractivity contribution in [2.75, 3.05) is 17.2 Å². The fraction of sp³-hybridized carbons (Fsp3) is 0.231. The largest absolute Gasteiger partial charge is 0.491 e. The van der Waals surface area contributed by atoms with Crippen molar-refractivity contribution in [3.63, 3.8) is 0 Å². The van der Waals surface area contributed by atoms with E-state index in [0.29, 0.717) is 11.3 Å². The first-order valence-corrected chi connectivity index (χ1v) is 10.7. The molecule has 1 unspecified atom stereocenters. The molecule has 1 atom stereocenters. The zero-order valence-corrected chi connectivity index (χ0v) is 18.6. The predicted octanol–water partition coefficient (Wildman–Crippen LogP) is 5.02. The quantitative estimate of drug-likeness (QED) is 0.445. The summed E-state index contributed by atoms with van der Waals surface area (Å²) in [4.78, 5) is 25.0. The fourth-order valence-electron chi connectivity index (χ4n) is 3.18. The molecule has 0 saturated heterocycles. The van der Waals surface area contributed by atoms with Crippen molar-refractivity contribution < 1.29 is 14.3 Å². The van der Waals surface area contributed by atoms with Crippen molar-refractivity contribution >= 4 is 23.2 Å². The molecule has 3 rings (SSSR count). The molecule has 0 saturated carbocycles. The van der Waals surface area contributed by atoms with Crippen molar-refractivity contribution in [3.05, 3.63) is 90.0 Å². The van der Waals surface area contributed by atoms with Gasteiger partial charge in [0.2, 0.25) is 5.91 Å². The van der Waals surface area contributed by atoms with E-state index >= 15 is 0 Å². The summed E-state index contributed by atoms with van der Waals surface area (Å²) in [6, 6.07) is 24.0. The number of ether oxygens (including phenoxy) is 1. The number of amides is 2.